The van der Waals surface area contributed by atoms with E-state index in [-0.39, 0.29) is 5.75 Å². The fourth-order valence-corrected chi connectivity index (χ4v) is 1.83. The minimum absolute atomic E-state index is 0.284. The maximum Gasteiger partial charge on any atom is 0.116 e. The van der Waals surface area contributed by atoms with Crippen LogP contribution in [-0.4, -0.2) is 5.11 Å². The summed E-state index contributed by atoms with van der Waals surface area (Å²) in [6.07, 6.45) is 0. The zero-order chi connectivity index (χ0) is 9.97. The van der Waals surface area contributed by atoms with Gasteiger partial charge in [-0.3, -0.25) is 0 Å². The van der Waals surface area contributed by atoms with Gasteiger partial charge in [0.05, 0.1) is 0 Å². The highest BCUT2D eigenvalue weighted by Crippen LogP contribution is 2.30. The van der Waals surface area contributed by atoms with Crippen LogP contribution in [0, 0.1) is 0 Å². The zero-order valence-corrected chi connectivity index (χ0v) is 9.03. The highest BCUT2D eigenvalue weighted by atomic mass is 79.9. The van der Waals surface area contributed by atoms with E-state index in [1.807, 2.05) is 36.4 Å². The first-order valence-electron chi connectivity index (χ1n) is 4.31. The predicted octanol–water partition coefficient (Wildman–Crippen LogP) is 3.82. The zero-order valence-electron chi connectivity index (χ0n) is 7.44. The average molecular weight is 249 g/mol. The van der Waals surface area contributed by atoms with E-state index in [1.165, 1.54) is 0 Å². The molecule has 1 nitrogen and oxygen atoms in total. The van der Waals surface area contributed by atoms with Gasteiger partial charge < -0.3 is 5.11 Å². The molecule has 0 amide bonds. The van der Waals surface area contributed by atoms with E-state index in [4.69, 9.17) is 0 Å². The van der Waals surface area contributed by atoms with Crippen molar-refractivity contribution in [2.45, 2.75) is 0 Å². The lowest BCUT2D eigenvalue weighted by Gasteiger charge is -2.04. The van der Waals surface area contributed by atoms with Gasteiger partial charge in [-0.2, -0.15) is 0 Å². The maximum absolute atomic E-state index is 9.38. The van der Waals surface area contributed by atoms with E-state index < -0.39 is 0 Å². The van der Waals surface area contributed by atoms with Crippen molar-refractivity contribution in [2.75, 3.05) is 0 Å². The Hall–Kier alpha value is -1.28. The molecular formula is C12H9BrO. The van der Waals surface area contributed by atoms with Gasteiger partial charge in [0, 0.05) is 4.47 Å². The molecule has 0 aliphatic heterocycles. The van der Waals surface area contributed by atoms with Gasteiger partial charge in [-0.25, -0.2) is 0 Å². The van der Waals surface area contributed by atoms with E-state index in [1.54, 1.807) is 12.1 Å². The molecule has 0 atom stereocenters. The van der Waals surface area contributed by atoms with Crippen molar-refractivity contribution in [1.82, 2.24) is 0 Å². The van der Waals surface area contributed by atoms with Crippen molar-refractivity contribution in [3.63, 3.8) is 0 Å². The molecule has 0 spiro atoms. The van der Waals surface area contributed by atoms with Crippen molar-refractivity contribution in [1.29, 1.82) is 0 Å². The van der Waals surface area contributed by atoms with Crippen molar-refractivity contribution >= 4 is 15.9 Å². The molecular weight excluding hydrogens is 240 g/mol. The Labute approximate surface area is 91.2 Å². The number of benzene rings is 2. The SMILES string of the molecule is Oc1ccc(Br)c(-c2ccccc2)c1. The van der Waals surface area contributed by atoms with Gasteiger partial charge in [0.1, 0.15) is 5.75 Å². The lowest BCUT2D eigenvalue weighted by molar-refractivity contribution is 0.475. The van der Waals surface area contributed by atoms with Crippen molar-refractivity contribution < 1.29 is 5.11 Å². The van der Waals surface area contributed by atoms with Crippen LogP contribution in [0.25, 0.3) is 11.1 Å². The minimum atomic E-state index is 0.284. The Morgan fingerprint density at radius 2 is 1.64 bits per heavy atom. The van der Waals surface area contributed by atoms with Crippen molar-refractivity contribution in [2.24, 2.45) is 0 Å². The fraction of sp³-hybridized carbons (Fsp3) is 0. The highest BCUT2D eigenvalue weighted by Gasteiger charge is 2.02. The average Bonchev–Trinajstić information content (AvgIpc) is 2.23. The number of hydrogen-bond acceptors (Lipinski definition) is 1. The second-order valence-corrected chi connectivity index (χ2v) is 3.88. The summed E-state index contributed by atoms with van der Waals surface area (Å²) in [5.41, 5.74) is 2.10. The van der Waals surface area contributed by atoms with E-state index in [0.29, 0.717) is 0 Å². The van der Waals surface area contributed by atoms with E-state index in [0.717, 1.165) is 15.6 Å². The van der Waals surface area contributed by atoms with Crippen LogP contribution in [-0.2, 0) is 0 Å². The second-order valence-electron chi connectivity index (χ2n) is 3.03. The third-order valence-corrected chi connectivity index (χ3v) is 2.73. The van der Waals surface area contributed by atoms with Gasteiger partial charge in [-0.05, 0) is 29.3 Å². The molecule has 0 aliphatic carbocycles. The Bertz CT molecular complexity index is 437. The summed E-state index contributed by atoms with van der Waals surface area (Å²) >= 11 is 3.46. The van der Waals surface area contributed by atoms with Crippen LogP contribution in [0.2, 0.25) is 0 Å². The summed E-state index contributed by atoms with van der Waals surface area (Å²) in [4.78, 5) is 0. The molecule has 2 rings (SSSR count). The molecule has 0 unspecified atom stereocenters. The molecule has 0 saturated carbocycles. The van der Waals surface area contributed by atoms with Crippen LogP contribution in [0.5, 0.6) is 5.75 Å². The summed E-state index contributed by atoms with van der Waals surface area (Å²) in [6, 6.07) is 15.2. The molecule has 0 heterocycles. The molecule has 70 valence electrons. The van der Waals surface area contributed by atoms with E-state index in [2.05, 4.69) is 15.9 Å². The number of aromatic hydroxyl groups is 1. The number of rotatable bonds is 1. The van der Waals surface area contributed by atoms with Gasteiger partial charge in [0.15, 0.2) is 0 Å². The molecule has 1 N–H and O–H groups in total. The Balaban J connectivity index is 2.57. The molecule has 0 fully saturated rings. The Morgan fingerprint density at radius 1 is 0.929 bits per heavy atom. The Morgan fingerprint density at radius 3 is 2.36 bits per heavy atom. The minimum Gasteiger partial charge on any atom is -0.508 e. The molecule has 2 aromatic rings. The van der Waals surface area contributed by atoms with Crippen LogP contribution in [0.3, 0.4) is 0 Å². The third-order valence-electron chi connectivity index (χ3n) is 2.03. The quantitative estimate of drug-likeness (QED) is 0.814. The molecule has 2 heteroatoms. The van der Waals surface area contributed by atoms with Crippen LogP contribution in [0.15, 0.2) is 53.0 Å². The predicted molar refractivity (Wildman–Crippen MR) is 61.2 cm³/mol. The monoisotopic (exact) mass is 248 g/mol. The first-order valence-corrected chi connectivity index (χ1v) is 5.10. The van der Waals surface area contributed by atoms with Crippen LogP contribution >= 0.6 is 15.9 Å². The van der Waals surface area contributed by atoms with Gasteiger partial charge in [0.2, 0.25) is 0 Å². The smallest absolute Gasteiger partial charge is 0.116 e. The number of hydrogen-bond donors (Lipinski definition) is 1. The molecule has 0 aliphatic rings. The maximum atomic E-state index is 9.38. The fourth-order valence-electron chi connectivity index (χ4n) is 1.35. The number of halogens is 1. The van der Waals surface area contributed by atoms with E-state index in [9.17, 15) is 5.11 Å². The number of phenolic OH excluding ortho intramolecular Hbond substituents is 1. The van der Waals surface area contributed by atoms with Crippen LogP contribution < -0.4 is 0 Å². The van der Waals surface area contributed by atoms with Crippen LogP contribution in [0.4, 0.5) is 0 Å². The molecule has 0 bridgehead atoms. The summed E-state index contributed by atoms with van der Waals surface area (Å²) in [5, 5.41) is 9.38. The summed E-state index contributed by atoms with van der Waals surface area (Å²) in [7, 11) is 0. The van der Waals surface area contributed by atoms with Crippen LogP contribution in [0.1, 0.15) is 0 Å². The lowest BCUT2D eigenvalue weighted by atomic mass is 10.1. The third kappa shape index (κ3) is 1.80. The largest absolute Gasteiger partial charge is 0.508 e. The van der Waals surface area contributed by atoms with Gasteiger partial charge in [0.25, 0.3) is 0 Å². The van der Waals surface area contributed by atoms with E-state index >= 15 is 0 Å². The first-order chi connectivity index (χ1) is 6.77. The first kappa shape index (κ1) is 9.28. The summed E-state index contributed by atoms with van der Waals surface area (Å²) < 4.78 is 0.988. The molecule has 2 aromatic carbocycles. The van der Waals surface area contributed by atoms with Crippen molar-refractivity contribution in [3.8, 4) is 16.9 Å². The van der Waals surface area contributed by atoms with Crippen molar-refractivity contribution in [3.05, 3.63) is 53.0 Å². The standard InChI is InChI=1S/C12H9BrO/c13-12-7-6-10(14)8-11(12)9-4-2-1-3-5-9/h1-8,14H. The van der Waals surface area contributed by atoms with Gasteiger partial charge >= 0.3 is 0 Å². The normalized spacial score (nSPS) is 10.1. The highest BCUT2D eigenvalue weighted by molar-refractivity contribution is 9.10. The second kappa shape index (κ2) is 3.84. The summed E-state index contributed by atoms with van der Waals surface area (Å²) in [5.74, 6) is 0.284. The molecule has 0 saturated heterocycles. The lowest BCUT2D eigenvalue weighted by Crippen LogP contribution is -1.78. The summed E-state index contributed by atoms with van der Waals surface area (Å²) in [6.45, 7) is 0. The Kier molecular flexibility index (Phi) is 2.55. The van der Waals surface area contributed by atoms with Gasteiger partial charge in [-0.15, -0.1) is 0 Å². The number of phenols is 1. The van der Waals surface area contributed by atoms with Gasteiger partial charge in [-0.1, -0.05) is 46.3 Å². The topological polar surface area (TPSA) is 20.2 Å². The molecule has 14 heavy (non-hydrogen) atoms. The molecule has 0 radical (unpaired) electrons. The molecule has 0 aromatic heterocycles.